The average molecular weight is 363 g/mol. The van der Waals surface area contributed by atoms with E-state index in [1.807, 2.05) is 44.2 Å². The van der Waals surface area contributed by atoms with Gasteiger partial charge in [-0.05, 0) is 44.4 Å². The molecular formula is C21H21N3O3. The van der Waals surface area contributed by atoms with Gasteiger partial charge in [0.25, 0.3) is 11.5 Å². The number of pyridine rings is 1. The lowest BCUT2D eigenvalue weighted by Gasteiger charge is -2.24. The Morgan fingerprint density at radius 2 is 1.96 bits per heavy atom. The van der Waals surface area contributed by atoms with Crippen LogP contribution in [0.25, 0.3) is 11.3 Å². The first-order valence-electron chi connectivity index (χ1n) is 9.08. The van der Waals surface area contributed by atoms with Gasteiger partial charge in [-0.15, -0.1) is 0 Å². The van der Waals surface area contributed by atoms with Crippen LogP contribution < -0.4 is 5.56 Å². The molecule has 27 heavy (non-hydrogen) atoms. The number of rotatable bonds is 3. The molecule has 0 radical (unpaired) electrons. The van der Waals surface area contributed by atoms with Crippen LogP contribution in [0.2, 0.25) is 0 Å². The molecule has 2 aromatic heterocycles. The predicted octanol–water partition coefficient (Wildman–Crippen LogP) is 3.62. The van der Waals surface area contributed by atoms with Crippen LogP contribution in [0.4, 0.5) is 0 Å². The molecule has 1 saturated heterocycles. The number of H-pyrrole nitrogens is 1. The fourth-order valence-electron chi connectivity index (χ4n) is 3.86. The molecule has 0 bridgehead atoms. The van der Waals surface area contributed by atoms with E-state index in [0.29, 0.717) is 12.2 Å². The number of aryl methyl sites for hydroxylation is 2. The highest BCUT2D eigenvalue weighted by Gasteiger charge is 2.35. The van der Waals surface area contributed by atoms with Crippen molar-refractivity contribution in [2.24, 2.45) is 0 Å². The lowest BCUT2D eigenvalue weighted by molar-refractivity contribution is 0.0733. The van der Waals surface area contributed by atoms with Crippen molar-refractivity contribution in [3.8, 4) is 11.3 Å². The molecule has 0 spiro atoms. The first-order chi connectivity index (χ1) is 13.1. The Bertz CT molecular complexity index is 1020. The summed E-state index contributed by atoms with van der Waals surface area (Å²) in [5.74, 6) is 0.476. The third-order valence-electron chi connectivity index (χ3n) is 5.16. The zero-order valence-corrected chi connectivity index (χ0v) is 15.4. The second kappa shape index (κ2) is 6.87. The number of hydrogen-bond donors (Lipinski definition) is 1. The number of aromatic nitrogens is 2. The van der Waals surface area contributed by atoms with Crippen LogP contribution in [0.15, 0.2) is 51.8 Å². The highest BCUT2D eigenvalue weighted by Crippen LogP contribution is 2.36. The Morgan fingerprint density at radius 1 is 1.19 bits per heavy atom. The van der Waals surface area contributed by atoms with E-state index in [1.165, 1.54) is 0 Å². The van der Waals surface area contributed by atoms with Crippen LogP contribution in [0.1, 0.15) is 46.3 Å². The van der Waals surface area contributed by atoms with Gasteiger partial charge in [-0.25, -0.2) is 0 Å². The summed E-state index contributed by atoms with van der Waals surface area (Å²) in [6, 6.07) is 12.9. The molecule has 1 aliphatic rings. The Kier molecular flexibility index (Phi) is 4.39. The van der Waals surface area contributed by atoms with Gasteiger partial charge in [0.15, 0.2) is 0 Å². The first-order valence-corrected chi connectivity index (χ1v) is 9.08. The van der Waals surface area contributed by atoms with Gasteiger partial charge in [-0.3, -0.25) is 9.59 Å². The fourth-order valence-corrected chi connectivity index (χ4v) is 3.86. The lowest BCUT2D eigenvalue weighted by atomic mass is 10.0. The minimum Gasteiger partial charge on any atom is -0.361 e. The Hall–Kier alpha value is -3.15. The molecule has 138 valence electrons. The molecule has 4 rings (SSSR count). The van der Waals surface area contributed by atoms with E-state index in [0.717, 1.165) is 35.4 Å². The summed E-state index contributed by atoms with van der Waals surface area (Å²) in [6.45, 7) is 4.36. The van der Waals surface area contributed by atoms with Crippen LogP contribution in [-0.2, 0) is 0 Å². The predicted molar refractivity (Wildman–Crippen MR) is 101 cm³/mol. The van der Waals surface area contributed by atoms with Crippen molar-refractivity contribution in [2.45, 2.75) is 32.7 Å². The molecule has 1 atom stereocenters. The van der Waals surface area contributed by atoms with E-state index in [4.69, 9.17) is 4.52 Å². The summed E-state index contributed by atoms with van der Waals surface area (Å²) >= 11 is 0. The summed E-state index contributed by atoms with van der Waals surface area (Å²) in [5.41, 5.74) is 3.15. The molecule has 0 unspecified atom stereocenters. The maximum Gasteiger partial charge on any atom is 0.261 e. The zero-order chi connectivity index (χ0) is 19.0. The van der Waals surface area contributed by atoms with Gasteiger partial charge in [0.05, 0.1) is 11.7 Å². The molecule has 1 N–H and O–H groups in total. The lowest BCUT2D eigenvalue weighted by Crippen LogP contribution is -2.34. The summed E-state index contributed by atoms with van der Waals surface area (Å²) in [4.78, 5) is 30.3. The number of aromatic amines is 1. The van der Waals surface area contributed by atoms with Gasteiger partial charge in [0.2, 0.25) is 0 Å². The van der Waals surface area contributed by atoms with E-state index < -0.39 is 0 Å². The smallest absolute Gasteiger partial charge is 0.261 e. The Labute approximate surface area is 156 Å². The van der Waals surface area contributed by atoms with Crippen molar-refractivity contribution in [3.63, 3.8) is 0 Å². The summed E-state index contributed by atoms with van der Waals surface area (Å²) in [5, 5.41) is 4.01. The van der Waals surface area contributed by atoms with Crippen LogP contribution in [0.5, 0.6) is 0 Å². The van der Waals surface area contributed by atoms with Crippen molar-refractivity contribution in [2.75, 3.05) is 6.54 Å². The molecule has 3 heterocycles. The standard InChI is InChI=1S/C21H21N3O3/c1-13-19(14(2)27-23-13)18-9-6-12-24(18)21(26)16-10-11-17(22-20(16)25)15-7-4-3-5-8-15/h3-5,7-8,10-11,18H,6,9,12H2,1-2H3,(H,22,25)/t18-/m1/s1. The van der Waals surface area contributed by atoms with Gasteiger partial charge in [0, 0.05) is 17.8 Å². The quantitative estimate of drug-likeness (QED) is 0.771. The normalized spacial score (nSPS) is 16.7. The molecule has 6 nitrogen and oxygen atoms in total. The van der Waals surface area contributed by atoms with E-state index in [2.05, 4.69) is 10.1 Å². The van der Waals surface area contributed by atoms with E-state index in [-0.39, 0.29) is 23.1 Å². The number of nitrogens with zero attached hydrogens (tertiary/aromatic N) is 2. The highest BCUT2D eigenvalue weighted by atomic mass is 16.5. The fraction of sp³-hybridized carbons (Fsp3) is 0.286. The molecule has 1 fully saturated rings. The van der Waals surface area contributed by atoms with E-state index in [1.54, 1.807) is 17.0 Å². The Balaban J connectivity index is 1.65. The number of likely N-dealkylation sites (tertiary alicyclic amines) is 1. The van der Waals surface area contributed by atoms with Crippen molar-refractivity contribution < 1.29 is 9.32 Å². The Morgan fingerprint density at radius 3 is 2.63 bits per heavy atom. The second-order valence-electron chi connectivity index (χ2n) is 6.88. The first kappa shape index (κ1) is 17.3. The van der Waals surface area contributed by atoms with Crippen LogP contribution >= 0.6 is 0 Å². The van der Waals surface area contributed by atoms with Crippen LogP contribution in [0.3, 0.4) is 0 Å². The molecule has 0 aliphatic carbocycles. The molecule has 6 heteroatoms. The van der Waals surface area contributed by atoms with Gasteiger partial charge in [-0.2, -0.15) is 0 Å². The van der Waals surface area contributed by atoms with Gasteiger partial charge in [-0.1, -0.05) is 35.5 Å². The molecular weight excluding hydrogens is 342 g/mol. The van der Waals surface area contributed by atoms with Crippen molar-refractivity contribution in [1.29, 1.82) is 0 Å². The zero-order valence-electron chi connectivity index (χ0n) is 15.4. The van der Waals surface area contributed by atoms with Crippen molar-refractivity contribution in [3.05, 3.63) is 75.4 Å². The number of amides is 1. The minimum absolute atomic E-state index is 0.100. The SMILES string of the molecule is Cc1noc(C)c1[C@H]1CCCN1C(=O)c1ccc(-c2ccccc2)[nH]c1=O. The molecule has 0 saturated carbocycles. The topological polar surface area (TPSA) is 79.2 Å². The summed E-state index contributed by atoms with van der Waals surface area (Å²) in [6.07, 6.45) is 1.73. The highest BCUT2D eigenvalue weighted by molar-refractivity contribution is 5.94. The summed E-state index contributed by atoms with van der Waals surface area (Å²) in [7, 11) is 0. The van der Waals surface area contributed by atoms with Crippen LogP contribution in [-0.4, -0.2) is 27.5 Å². The molecule has 3 aromatic rings. The number of hydrogen-bond acceptors (Lipinski definition) is 4. The number of nitrogens with one attached hydrogen (secondary N) is 1. The number of carbonyl (C=O) groups excluding carboxylic acids is 1. The van der Waals surface area contributed by atoms with Gasteiger partial charge >= 0.3 is 0 Å². The van der Waals surface area contributed by atoms with Crippen LogP contribution in [0, 0.1) is 13.8 Å². The van der Waals surface area contributed by atoms with Gasteiger partial charge in [0.1, 0.15) is 11.3 Å². The van der Waals surface area contributed by atoms with Gasteiger partial charge < -0.3 is 14.4 Å². The van der Waals surface area contributed by atoms with E-state index in [9.17, 15) is 9.59 Å². The largest absolute Gasteiger partial charge is 0.361 e. The molecule has 1 amide bonds. The molecule has 1 aromatic carbocycles. The van der Waals surface area contributed by atoms with Crippen molar-refractivity contribution in [1.82, 2.24) is 15.0 Å². The second-order valence-corrected chi connectivity index (χ2v) is 6.88. The average Bonchev–Trinajstić information content (AvgIpc) is 3.28. The minimum atomic E-state index is -0.370. The maximum atomic E-state index is 13.1. The maximum absolute atomic E-state index is 13.1. The third-order valence-corrected chi connectivity index (χ3v) is 5.16. The van der Waals surface area contributed by atoms with Crippen molar-refractivity contribution >= 4 is 5.91 Å². The van der Waals surface area contributed by atoms with E-state index >= 15 is 0 Å². The molecule has 1 aliphatic heterocycles. The number of benzene rings is 1. The monoisotopic (exact) mass is 363 g/mol. The third kappa shape index (κ3) is 3.07. The summed E-state index contributed by atoms with van der Waals surface area (Å²) < 4.78 is 5.27. The number of carbonyl (C=O) groups is 1.